The van der Waals surface area contributed by atoms with E-state index in [0.29, 0.717) is 26.1 Å². The van der Waals surface area contributed by atoms with Gasteiger partial charge in [-0.15, -0.1) is 5.10 Å². The van der Waals surface area contributed by atoms with Gasteiger partial charge in [-0.05, 0) is 35.0 Å². The second-order valence-corrected chi connectivity index (χ2v) is 5.46. The molecule has 1 aliphatic heterocycles. The average Bonchev–Trinajstić information content (AvgIpc) is 3.19. The van der Waals surface area contributed by atoms with Crippen molar-refractivity contribution in [2.75, 3.05) is 19.7 Å². The molecule has 0 spiro atoms. The fourth-order valence-corrected chi connectivity index (χ4v) is 2.67. The van der Waals surface area contributed by atoms with Gasteiger partial charge in [-0.25, -0.2) is 4.68 Å². The van der Waals surface area contributed by atoms with Crippen LogP contribution >= 0.6 is 0 Å². The monoisotopic (exact) mass is 317 g/mol. The van der Waals surface area contributed by atoms with Crippen LogP contribution in [0, 0.1) is 0 Å². The summed E-state index contributed by atoms with van der Waals surface area (Å²) in [5.74, 6) is -0.0126. The molecule has 0 saturated carbocycles. The largest absolute Gasteiger partial charge is 0.388 e. The highest BCUT2D eigenvalue weighted by molar-refractivity contribution is 5.79. The van der Waals surface area contributed by atoms with Gasteiger partial charge in [0.05, 0.1) is 18.2 Å². The van der Waals surface area contributed by atoms with Crippen molar-refractivity contribution in [1.82, 2.24) is 25.1 Å². The number of hydrogen-bond donors (Lipinski definition) is 1. The number of tetrazole rings is 1. The SMILES string of the molecule is CCO[C@H]1CN(C(=O)Cc2ccc(-n3cnnn3)cc2)C[C@@H]1O. The van der Waals surface area contributed by atoms with Crippen LogP contribution in [0.25, 0.3) is 5.69 Å². The minimum absolute atomic E-state index is 0.0126. The molecule has 1 aromatic heterocycles. The summed E-state index contributed by atoms with van der Waals surface area (Å²) in [6.07, 6.45) is 0.911. The van der Waals surface area contributed by atoms with Gasteiger partial charge < -0.3 is 14.7 Å². The molecule has 2 aromatic rings. The highest BCUT2D eigenvalue weighted by Crippen LogP contribution is 2.16. The topological polar surface area (TPSA) is 93.4 Å². The molecule has 0 radical (unpaired) electrons. The van der Waals surface area contributed by atoms with Gasteiger partial charge in [-0.1, -0.05) is 12.1 Å². The first-order valence-electron chi connectivity index (χ1n) is 7.57. The predicted molar refractivity (Wildman–Crippen MR) is 80.9 cm³/mol. The standard InChI is InChI=1S/C15H19N5O3/c1-2-23-14-9-19(8-13(14)21)15(22)7-11-3-5-12(6-4-11)20-10-16-17-18-20/h3-6,10,13-14,21H,2,7-9H2,1H3/t13-,14-/m0/s1. The van der Waals surface area contributed by atoms with Crippen LogP contribution in [-0.4, -0.2) is 68.0 Å². The van der Waals surface area contributed by atoms with E-state index in [-0.39, 0.29) is 12.0 Å². The number of aliphatic hydroxyl groups excluding tert-OH is 1. The highest BCUT2D eigenvalue weighted by Gasteiger charge is 2.34. The zero-order valence-electron chi connectivity index (χ0n) is 12.9. The van der Waals surface area contributed by atoms with E-state index >= 15 is 0 Å². The number of carbonyl (C=O) groups is 1. The normalized spacial score (nSPS) is 20.9. The quantitative estimate of drug-likeness (QED) is 0.822. The number of amides is 1. The maximum atomic E-state index is 12.3. The predicted octanol–water partition coefficient (Wildman–Crippen LogP) is -0.187. The van der Waals surface area contributed by atoms with E-state index in [0.717, 1.165) is 11.3 Å². The third-order valence-electron chi connectivity index (χ3n) is 3.88. The molecule has 2 atom stereocenters. The molecule has 2 heterocycles. The summed E-state index contributed by atoms with van der Waals surface area (Å²) in [4.78, 5) is 14.0. The number of nitrogens with zero attached hydrogens (tertiary/aromatic N) is 5. The summed E-state index contributed by atoms with van der Waals surface area (Å²) < 4.78 is 6.99. The fraction of sp³-hybridized carbons (Fsp3) is 0.467. The minimum Gasteiger partial charge on any atom is -0.388 e. The number of carbonyl (C=O) groups excluding carboxylic acids is 1. The number of β-amino-alcohol motifs (C(OH)–C–C–N with tert-alkyl or cyclic N) is 1. The third-order valence-corrected chi connectivity index (χ3v) is 3.88. The number of aromatic nitrogens is 4. The lowest BCUT2D eigenvalue weighted by Gasteiger charge is -2.16. The molecule has 1 fully saturated rings. The lowest BCUT2D eigenvalue weighted by Crippen LogP contribution is -2.31. The van der Waals surface area contributed by atoms with Crippen LogP contribution in [0.1, 0.15) is 12.5 Å². The van der Waals surface area contributed by atoms with Gasteiger partial charge >= 0.3 is 0 Å². The van der Waals surface area contributed by atoms with Gasteiger partial charge in [0.2, 0.25) is 5.91 Å². The molecule has 8 heteroatoms. The first-order chi connectivity index (χ1) is 11.2. The van der Waals surface area contributed by atoms with Crippen LogP contribution in [-0.2, 0) is 16.0 Å². The Bertz CT molecular complexity index is 644. The van der Waals surface area contributed by atoms with Crippen molar-refractivity contribution in [1.29, 1.82) is 0 Å². The Morgan fingerprint density at radius 1 is 1.35 bits per heavy atom. The van der Waals surface area contributed by atoms with E-state index in [9.17, 15) is 9.90 Å². The number of likely N-dealkylation sites (tertiary alicyclic amines) is 1. The molecule has 0 unspecified atom stereocenters. The summed E-state index contributed by atoms with van der Waals surface area (Å²) in [6.45, 7) is 3.18. The Morgan fingerprint density at radius 3 is 2.78 bits per heavy atom. The summed E-state index contributed by atoms with van der Waals surface area (Å²) in [6, 6.07) is 7.48. The van der Waals surface area contributed by atoms with E-state index in [1.165, 1.54) is 6.33 Å². The molecule has 8 nitrogen and oxygen atoms in total. The Hall–Kier alpha value is -2.32. The molecular weight excluding hydrogens is 298 g/mol. The summed E-state index contributed by atoms with van der Waals surface area (Å²) in [7, 11) is 0. The first kappa shape index (κ1) is 15.6. The lowest BCUT2D eigenvalue weighted by molar-refractivity contribution is -0.130. The van der Waals surface area contributed by atoms with Gasteiger partial charge in [0.15, 0.2) is 0 Å². The van der Waals surface area contributed by atoms with Crippen molar-refractivity contribution in [3.05, 3.63) is 36.2 Å². The van der Waals surface area contributed by atoms with Crippen molar-refractivity contribution in [2.24, 2.45) is 0 Å². The van der Waals surface area contributed by atoms with Crippen molar-refractivity contribution < 1.29 is 14.6 Å². The molecule has 23 heavy (non-hydrogen) atoms. The van der Waals surface area contributed by atoms with Crippen LogP contribution in [0.2, 0.25) is 0 Å². The molecule has 1 aromatic carbocycles. The van der Waals surface area contributed by atoms with Crippen LogP contribution in [0.3, 0.4) is 0 Å². The minimum atomic E-state index is -0.610. The molecule has 1 N–H and O–H groups in total. The molecule has 122 valence electrons. The number of hydrogen-bond acceptors (Lipinski definition) is 6. The van der Waals surface area contributed by atoms with Gasteiger partial charge in [0, 0.05) is 19.7 Å². The van der Waals surface area contributed by atoms with Crippen molar-refractivity contribution in [3.8, 4) is 5.69 Å². The fourth-order valence-electron chi connectivity index (χ4n) is 2.67. The van der Waals surface area contributed by atoms with E-state index in [4.69, 9.17) is 4.74 Å². The van der Waals surface area contributed by atoms with Crippen molar-refractivity contribution in [3.63, 3.8) is 0 Å². The van der Waals surface area contributed by atoms with E-state index < -0.39 is 6.10 Å². The molecule has 1 aliphatic rings. The summed E-state index contributed by atoms with van der Waals surface area (Å²) in [5.41, 5.74) is 1.74. The van der Waals surface area contributed by atoms with Gasteiger partial charge in [-0.2, -0.15) is 0 Å². The first-order valence-corrected chi connectivity index (χ1v) is 7.57. The number of benzene rings is 1. The van der Waals surface area contributed by atoms with Crippen LogP contribution in [0.15, 0.2) is 30.6 Å². The summed E-state index contributed by atoms with van der Waals surface area (Å²) >= 11 is 0. The van der Waals surface area contributed by atoms with Gasteiger partial charge in [0.25, 0.3) is 0 Å². The van der Waals surface area contributed by atoms with Crippen LogP contribution in [0.4, 0.5) is 0 Å². The highest BCUT2D eigenvalue weighted by atomic mass is 16.5. The number of aliphatic hydroxyl groups is 1. The summed E-state index contributed by atoms with van der Waals surface area (Å²) in [5, 5.41) is 20.9. The Kier molecular flexibility index (Phi) is 4.63. The Labute approximate surface area is 133 Å². The smallest absolute Gasteiger partial charge is 0.227 e. The van der Waals surface area contributed by atoms with E-state index in [1.807, 2.05) is 31.2 Å². The Balaban J connectivity index is 1.60. The zero-order chi connectivity index (χ0) is 16.2. The van der Waals surface area contributed by atoms with Crippen molar-refractivity contribution >= 4 is 5.91 Å². The Morgan fingerprint density at radius 2 is 2.13 bits per heavy atom. The zero-order valence-corrected chi connectivity index (χ0v) is 12.9. The number of ether oxygens (including phenoxy) is 1. The molecule has 0 aliphatic carbocycles. The maximum Gasteiger partial charge on any atom is 0.227 e. The van der Waals surface area contributed by atoms with Gasteiger partial charge in [-0.3, -0.25) is 4.79 Å². The van der Waals surface area contributed by atoms with Gasteiger partial charge in [0.1, 0.15) is 12.4 Å². The molecule has 1 saturated heterocycles. The van der Waals surface area contributed by atoms with Crippen LogP contribution < -0.4 is 0 Å². The lowest BCUT2D eigenvalue weighted by atomic mass is 10.1. The van der Waals surface area contributed by atoms with E-state index in [2.05, 4.69) is 15.5 Å². The average molecular weight is 317 g/mol. The maximum absolute atomic E-state index is 12.3. The second kappa shape index (κ2) is 6.84. The molecule has 0 bridgehead atoms. The number of rotatable bonds is 5. The van der Waals surface area contributed by atoms with Crippen molar-refractivity contribution in [2.45, 2.75) is 25.6 Å². The van der Waals surface area contributed by atoms with Crippen LogP contribution in [0.5, 0.6) is 0 Å². The van der Waals surface area contributed by atoms with E-state index in [1.54, 1.807) is 9.58 Å². The molecular formula is C15H19N5O3. The molecule has 1 amide bonds. The second-order valence-electron chi connectivity index (χ2n) is 5.46. The molecule has 3 rings (SSSR count). The third kappa shape index (κ3) is 3.54.